The third kappa shape index (κ3) is 7.74. The normalized spacial score (nSPS) is 12.6. The van der Waals surface area contributed by atoms with Crippen LogP contribution in [-0.2, 0) is 9.59 Å². The van der Waals surface area contributed by atoms with Crippen LogP contribution in [-0.4, -0.2) is 30.9 Å². The largest absolute Gasteiger partial charge is 0.356 e. The summed E-state index contributed by atoms with van der Waals surface area (Å²) in [5, 5.41) is 5.44. The highest BCUT2D eigenvalue weighted by molar-refractivity contribution is 5.82. The van der Waals surface area contributed by atoms with Gasteiger partial charge in [0.15, 0.2) is 0 Å². The van der Waals surface area contributed by atoms with Gasteiger partial charge in [-0.25, -0.2) is 0 Å². The van der Waals surface area contributed by atoms with Gasteiger partial charge in [0, 0.05) is 19.5 Å². The van der Waals surface area contributed by atoms with Crippen molar-refractivity contribution in [3.63, 3.8) is 0 Å². The molecule has 1 atom stereocenters. The molecule has 0 rings (SSSR count). The van der Waals surface area contributed by atoms with Crippen molar-refractivity contribution in [2.45, 2.75) is 40.2 Å². The first-order chi connectivity index (χ1) is 7.84. The minimum atomic E-state index is -0.506. The van der Waals surface area contributed by atoms with Gasteiger partial charge in [0.1, 0.15) is 0 Å². The zero-order chi connectivity index (χ0) is 13.4. The van der Waals surface area contributed by atoms with E-state index in [0.29, 0.717) is 25.4 Å². The van der Waals surface area contributed by atoms with Crippen LogP contribution in [0.2, 0.25) is 0 Å². The van der Waals surface area contributed by atoms with Crippen LogP contribution in [0, 0.1) is 11.8 Å². The quantitative estimate of drug-likeness (QED) is 0.599. The molecule has 5 heteroatoms. The molecule has 0 fully saturated rings. The van der Waals surface area contributed by atoms with Gasteiger partial charge in [0.05, 0.1) is 6.04 Å². The molecule has 0 unspecified atom stereocenters. The number of nitrogens with one attached hydrogen (secondary N) is 2. The van der Waals surface area contributed by atoms with E-state index in [1.807, 2.05) is 27.7 Å². The summed E-state index contributed by atoms with van der Waals surface area (Å²) in [5.74, 6) is 0.293. The Morgan fingerprint density at radius 1 is 1.12 bits per heavy atom. The molecule has 100 valence electrons. The molecule has 0 aromatic rings. The molecule has 0 aliphatic heterocycles. The fourth-order valence-electron chi connectivity index (χ4n) is 1.13. The Balaban J connectivity index is 3.69. The lowest BCUT2D eigenvalue weighted by atomic mass is 10.1. The Morgan fingerprint density at radius 3 is 2.18 bits per heavy atom. The lowest BCUT2D eigenvalue weighted by molar-refractivity contribution is -0.123. The van der Waals surface area contributed by atoms with Gasteiger partial charge in [-0.3, -0.25) is 9.59 Å². The number of carbonyl (C=O) groups excluding carboxylic acids is 2. The van der Waals surface area contributed by atoms with E-state index in [0.717, 1.165) is 0 Å². The summed E-state index contributed by atoms with van der Waals surface area (Å²) in [6.45, 7) is 8.84. The zero-order valence-electron chi connectivity index (χ0n) is 11.2. The number of nitrogens with two attached hydrogens (primary N) is 1. The van der Waals surface area contributed by atoms with E-state index in [1.165, 1.54) is 0 Å². The van der Waals surface area contributed by atoms with Crippen molar-refractivity contribution in [3.8, 4) is 0 Å². The molecular weight excluding hydrogens is 218 g/mol. The second kappa shape index (κ2) is 8.06. The van der Waals surface area contributed by atoms with Crippen LogP contribution in [0.15, 0.2) is 0 Å². The summed E-state index contributed by atoms with van der Waals surface area (Å²) in [7, 11) is 0. The van der Waals surface area contributed by atoms with E-state index in [1.54, 1.807) is 0 Å². The highest BCUT2D eigenvalue weighted by Crippen LogP contribution is 1.97. The molecule has 0 aliphatic carbocycles. The summed E-state index contributed by atoms with van der Waals surface area (Å²) in [6.07, 6.45) is 0.295. The number of rotatable bonds is 7. The molecule has 0 spiro atoms. The fraction of sp³-hybridized carbons (Fsp3) is 0.833. The fourth-order valence-corrected chi connectivity index (χ4v) is 1.13. The molecule has 2 amide bonds. The maximum Gasteiger partial charge on any atom is 0.237 e. The van der Waals surface area contributed by atoms with Crippen molar-refractivity contribution >= 4 is 11.8 Å². The van der Waals surface area contributed by atoms with Gasteiger partial charge in [-0.2, -0.15) is 0 Å². The summed E-state index contributed by atoms with van der Waals surface area (Å²) in [6, 6.07) is -0.506. The molecule has 0 saturated carbocycles. The van der Waals surface area contributed by atoms with Crippen molar-refractivity contribution in [1.29, 1.82) is 0 Å². The first-order valence-electron chi connectivity index (χ1n) is 6.14. The molecule has 4 N–H and O–H groups in total. The van der Waals surface area contributed by atoms with Crippen molar-refractivity contribution in [2.75, 3.05) is 13.1 Å². The standard InChI is InChI=1S/C12H25N3O2/c1-8(2)7-15-10(16)5-6-14-12(17)11(13)9(3)4/h8-9,11H,5-7,13H2,1-4H3,(H,14,17)(H,15,16)/t11-/m1/s1. The summed E-state index contributed by atoms with van der Waals surface area (Å²) in [4.78, 5) is 22.8. The van der Waals surface area contributed by atoms with Gasteiger partial charge in [0.25, 0.3) is 0 Å². The zero-order valence-corrected chi connectivity index (χ0v) is 11.2. The lowest BCUT2D eigenvalue weighted by Crippen LogP contribution is -2.44. The van der Waals surface area contributed by atoms with Crippen LogP contribution < -0.4 is 16.4 Å². The topological polar surface area (TPSA) is 84.2 Å². The van der Waals surface area contributed by atoms with Gasteiger partial charge in [-0.1, -0.05) is 27.7 Å². The number of amides is 2. The molecule has 0 saturated heterocycles. The third-order valence-corrected chi connectivity index (χ3v) is 2.38. The minimum Gasteiger partial charge on any atom is -0.356 e. The monoisotopic (exact) mass is 243 g/mol. The highest BCUT2D eigenvalue weighted by atomic mass is 16.2. The van der Waals surface area contributed by atoms with E-state index >= 15 is 0 Å². The van der Waals surface area contributed by atoms with E-state index < -0.39 is 6.04 Å². The van der Waals surface area contributed by atoms with Crippen LogP contribution >= 0.6 is 0 Å². The average Bonchev–Trinajstić information content (AvgIpc) is 2.24. The van der Waals surface area contributed by atoms with E-state index in [-0.39, 0.29) is 17.7 Å². The predicted octanol–water partition coefficient (Wildman–Crippen LogP) is 0.248. The van der Waals surface area contributed by atoms with Crippen molar-refractivity contribution in [2.24, 2.45) is 17.6 Å². The van der Waals surface area contributed by atoms with Crippen LogP contribution in [0.4, 0.5) is 0 Å². The Morgan fingerprint density at radius 2 is 1.71 bits per heavy atom. The predicted molar refractivity (Wildman–Crippen MR) is 68.3 cm³/mol. The molecule has 0 radical (unpaired) electrons. The molecular formula is C12H25N3O2. The highest BCUT2D eigenvalue weighted by Gasteiger charge is 2.16. The Labute approximate surface area is 104 Å². The summed E-state index contributed by atoms with van der Waals surface area (Å²) in [5.41, 5.74) is 5.66. The number of hydrogen-bond acceptors (Lipinski definition) is 3. The molecule has 0 bridgehead atoms. The van der Waals surface area contributed by atoms with Crippen molar-refractivity contribution in [3.05, 3.63) is 0 Å². The van der Waals surface area contributed by atoms with Gasteiger partial charge in [-0.05, 0) is 11.8 Å². The van der Waals surface area contributed by atoms with Crippen LogP contribution in [0.25, 0.3) is 0 Å². The van der Waals surface area contributed by atoms with Crippen LogP contribution in [0.3, 0.4) is 0 Å². The van der Waals surface area contributed by atoms with Gasteiger partial charge in [0.2, 0.25) is 11.8 Å². The summed E-state index contributed by atoms with van der Waals surface area (Å²) >= 11 is 0. The van der Waals surface area contributed by atoms with Crippen LogP contribution in [0.1, 0.15) is 34.1 Å². The average molecular weight is 243 g/mol. The Kier molecular flexibility index (Phi) is 7.54. The Hall–Kier alpha value is -1.10. The third-order valence-electron chi connectivity index (χ3n) is 2.38. The molecule has 0 aromatic carbocycles. The first-order valence-corrected chi connectivity index (χ1v) is 6.14. The maximum absolute atomic E-state index is 11.5. The van der Waals surface area contributed by atoms with Crippen molar-refractivity contribution < 1.29 is 9.59 Å². The van der Waals surface area contributed by atoms with Gasteiger partial charge < -0.3 is 16.4 Å². The SMILES string of the molecule is CC(C)CNC(=O)CCNC(=O)[C@H](N)C(C)C. The van der Waals surface area contributed by atoms with E-state index in [4.69, 9.17) is 5.73 Å². The molecule has 17 heavy (non-hydrogen) atoms. The first kappa shape index (κ1) is 15.9. The van der Waals surface area contributed by atoms with Gasteiger partial charge in [-0.15, -0.1) is 0 Å². The maximum atomic E-state index is 11.5. The lowest BCUT2D eigenvalue weighted by Gasteiger charge is -2.15. The number of carbonyl (C=O) groups is 2. The van der Waals surface area contributed by atoms with E-state index in [9.17, 15) is 9.59 Å². The molecule has 0 aromatic heterocycles. The van der Waals surface area contributed by atoms with E-state index in [2.05, 4.69) is 10.6 Å². The Bertz CT molecular complexity index is 252. The number of hydrogen-bond donors (Lipinski definition) is 3. The second-order valence-corrected chi connectivity index (χ2v) is 5.01. The molecule has 5 nitrogen and oxygen atoms in total. The summed E-state index contributed by atoms with van der Waals surface area (Å²) < 4.78 is 0. The smallest absolute Gasteiger partial charge is 0.237 e. The van der Waals surface area contributed by atoms with Crippen molar-refractivity contribution in [1.82, 2.24) is 10.6 Å². The minimum absolute atomic E-state index is 0.0443. The van der Waals surface area contributed by atoms with Gasteiger partial charge >= 0.3 is 0 Å². The van der Waals surface area contributed by atoms with Crippen LogP contribution in [0.5, 0.6) is 0 Å². The molecule has 0 aliphatic rings. The second-order valence-electron chi connectivity index (χ2n) is 5.01. The molecule has 0 heterocycles.